The van der Waals surface area contributed by atoms with E-state index in [9.17, 15) is 0 Å². The van der Waals surface area contributed by atoms with E-state index in [-0.39, 0.29) is 0 Å². The first kappa shape index (κ1) is 24.6. The Morgan fingerprint density at radius 3 is 1.76 bits per heavy atom. The predicted molar refractivity (Wildman–Crippen MR) is 174 cm³/mol. The number of ether oxygens (including phenoxy) is 1. The second-order valence-electron chi connectivity index (χ2n) is 10.8. The first-order valence-corrected chi connectivity index (χ1v) is 16.3. The van der Waals surface area contributed by atoms with Crippen molar-refractivity contribution in [3.8, 4) is 22.6 Å². The summed E-state index contributed by atoms with van der Waals surface area (Å²) in [5, 5.41) is 5.46. The third-order valence-electron chi connectivity index (χ3n) is 8.44. The third-order valence-corrected chi connectivity index (χ3v) is 13.2. The van der Waals surface area contributed by atoms with Crippen LogP contribution in [0, 0.1) is 0 Å². The molecule has 0 bridgehead atoms. The van der Waals surface area contributed by atoms with Crippen LogP contribution in [-0.4, -0.2) is 17.6 Å². The maximum Gasteiger partial charge on any atom is 0.179 e. The van der Waals surface area contributed by atoms with E-state index in [1.807, 2.05) is 6.07 Å². The maximum atomic E-state index is 6.27. The minimum absolute atomic E-state index is 0.456. The Hall–Kier alpha value is -5.19. The van der Waals surface area contributed by atoms with Gasteiger partial charge in [0.15, 0.2) is 13.9 Å². The summed E-state index contributed by atoms with van der Waals surface area (Å²) in [4.78, 5) is 4.80. The lowest BCUT2D eigenvalue weighted by molar-refractivity contribution is 0.281. The molecule has 0 atom stereocenters. The van der Waals surface area contributed by atoms with Crippen LogP contribution < -0.4 is 25.5 Å². The minimum Gasteiger partial charge on any atom is -0.483 e. The molecule has 8 rings (SSSR count). The van der Waals surface area contributed by atoms with Crippen molar-refractivity contribution in [2.24, 2.45) is 0 Å². The zero-order valence-electron chi connectivity index (χ0n) is 23.0. The molecule has 0 saturated heterocycles. The Kier molecular flexibility index (Phi) is 5.87. The van der Waals surface area contributed by atoms with Gasteiger partial charge in [-0.05, 0) is 56.1 Å². The molecule has 0 fully saturated rings. The summed E-state index contributed by atoms with van der Waals surface area (Å²) in [7, 11) is -2.61. The molecule has 1 aliphatic heterocycles. The number of benzene rings is 6. The van der Waals surface area contributed by atoms with Gasteiger partial charge in [0, 0.05) is 0 Å². The summed E-state index contributed by atoms with van der Waals surface area (Å²) in [6, 6.07) is 57.2. The molecule has 1 aliphatic rings. The standard InChI is InChI=1S/C38H28N2OSi/c1-4-14-30(15-5-1)42(31-16-6-2-7-17-31,32-18-8-3-9-19-32)33-20-12-13-28(25-33)29-23-24-36-37(26-29)41-27-38-39-34-21-10-11-22-35(34)40(36)38/h1-26H,27H2. The van der Waals surface area contributed by atoms with Gasteiger partial charge < -0.3 is 4.74 Å². The van der Waals surface area contributed by atoms with Crippen molar-refractivity contribution in [3.05, 3.63) is 164 Å². The van der Waals surface area contributed by atoms with Gasteiger partial charge in [-0.3, -0.25) is 4.57 Å². The normalized spacial score (nSPS) is 12.4. The summed E-state index contributed by atoms with van der Waals surface area (Å²) in [6.45, 7) is 0.456. The van der Waals surface area contributed by atoms with E-state index in [1.54, 1.807) is 0 Å². The highest BCUT2D eigenvalue weighted by Gasteiger charge is 2.41. The van der Waals surface area contributed by atoms with Crippen LogP contribution in [0.25, 0.3) is 27.8 Å². The van der Waals surface area contributed by atoms with E-state index in [0.717, 1.165) is 33.9 Å². The van der Waals surface area contributed by atoms with E-state index in [2.05, 4.69) is 156 Å². The van der Waals surface area contributed by atoms with Crippen molar-refractivity contribution in [2.45, 2.75) is 6.61 Å². The molecule has 0 saturated carbocycles. The maximum absolute atomic E-state index is 6.27. The molecule has 42 heavy (non-hydrogen) atoms. The molecule has 200 valence electrons. The van der Waals surface area contributed by atoms with Crippen molar-refractivity contribution in [3.63, 3.8) is 0 Å². The molecule has 0 N–H and O–H groups in total. The van der Waals surface area contributed by atoms with Crippen LogP contribution in [0.4, 0.5) is 0 Å². The molecule has 2 heterocycles. The molecule has 0 radical (unpaired) electrons. The molecule has 6 aromatic carbocycles. The van der Waals surface area contributed by atoms with Crippen molar-refractivity contribution < 1.29 is 4.74 Å². The van der Waals surface area contributed by atoms with E-state index >= 15 is 0 Å². The number of hydrogen-bond donors (Lipinski definition) is 0. The molecule has 0 amide bonds. The molecule has 0 aliphatic carbocycles. The lowest BCUT2D eigenvalue weighted by atomic mass is 10.0. The average Bonchev–Trinajstić information content (AvgIpc) is 3.46. The highest BCUT2D eigenvalue weighted by atomic mass is 28.3. The smallest absolute Gasteiger partial charge is 0.179 e. The van der Waals surface area contributed by atoms with Gasteiger partial charge in [0.05, 0.1) is 16.7 Å². The van der Waals surface area contributed by atoms with Gasteiger partial charge in [0.25, 0.3) is 0 Å². The monoisotopic (exact) mass is 556 g/mol. The van der Waals surface area contributed by atoms with E-state index < -0.39 is 8.07 Å². The fourth-order valence-corrected chi connectivity index (χ4v) is 11.4. The zero-order chi connectivity index (χ0) is 27.9. The highest BCUT2D eigenvalue weighted by Crippen LogP contribution is 2.36. The van der Waals surface area contributed by atoms with Crippen LogP contribution in [0.3, 0.4) is 0 Å². The Morgan fingerprint density at radius 1 is 0.524 bits per heavy atom. The van der Waals surface area contributed by atoms with Gasteiger partial charge in [0.1, 0.15) is 12.4 Å². The SMILES string of the molecule is c1ccc([Si](c2ccccc2)(c2ccccc2)c2cccc(-c3ccc4c(c3)OCc3nc5ccccc5n3-4)c2)cc1. The number of aromatic nitrogens is 2. The van der Waals surface area contributed by atoms with Crippen molar-refractivity contribution >= 4 is 39.9 Å². The first-order valence-electron chi connectivity index (χ1n) is 14.3. The quantitative estimate of drug-likeness (QED) is 0.193. The Morgan fingerprint density at radius 2 is 1.10 bits per heavy atom. The molecular formula is C38H28N2OSi. The van der Waals surface area contributed by atoms with Crippen LogP contribution in [0.15, 0.2) is 158 Å². The second kappa shape index (κ2) is 10.0. The number of nitrogens with zero attached hydrogens (tertiary/aromatic N) is 2. The summed E-state index contributed by atoms with van der Waals surface area (Å²) in [6.07, 6.45) is 0. The van der Waals surface area contributed by atoms with Crippen LogP contribution in [0.2, 0.25) is 0 Å². The number of rotatable bonds is 5. The molecule has 0 spiro atoms. The number of fused-ring (bicyclic) bond motifs is 5. The topological polar surface area (TPSA) is 27.1 Å². The summed E-state index contributed by atoms with van der Waals surface area (Å²) >= 11 is 0. The molecule has 0 unspecified atom stereocenters. The van der Waals surface area contributed by atoms with Crippen LogP contribution in [-0.2, 0) is 6.61 Å². The van der Waals surface area contributed by atoms with Crippen LogP contribution in [0.1, 0.15) is 5.82 Å². The van der Waals surface area contributed by atoms with Crippen molar-refractivity contribution in [1.29, 1.82) is 0 Å². The second-order valence-corrected chi connectivity index (χ2v) is 14.6. The highest BCUT2D eigenvalue weighted by molar-refractivity contribution is 7.19. The largest absolute Gasteiger partial charge is 0.483 e. The summed E-state index contributed by atoms with van der Waals surface area (Å²) in [5.41, 5.74) is 5.45. The number of para-hydroxylation sites is 2. The van der Waals surface area contributed by atoms with E-state index in [4.69, 9.17) is 9.72 Å². The van der Waals surface area contributed by atoms with Gasteiger partial charge in [-0.25, -0.2) is 4.98 Å². The number of hydrogen-bond acceptors (Lipinski definition) is 2. The van der Waals surface area contributed by atoms with Gasteiger partial charge in [-0.1, -0.05) is 133 Å². The third kappa shape index (κ3) is 3.84. The van der Waals surface area contributed by atoms with Crippen molar-refractivity contribution in [1.82, 2.24) is 9.55 Å². The van der Waals surface area contributed by atoms with Gasteiger partial charge in [-0.2, -0.15) is 0 Å². The minimum atomic E-state index is -2.61. The van der Waals surface area contributed by atoms with Gasteiger partial charge in [-0.15, -0.1) is 0 Å². The van der Waals surface area contributed by atoms with E-state index in [0.29, 0.717) is 6.61 Å². The fraction of sp³-hybridized carbons (Fsp3) is 0.0263. The summed E-state index contributed by atoms with van der Waals surface area (Å²) in [5.74, 6) is 1.81. The first-order chi connectivity index (χ1) is 20.8. The zero-order valence-corrected chi connectivity index (χ0v) is 24.0. The lowest BCUT2D eigenvalue weighted by Crippen LogP contribution is -2.74. The van der Waals surface area contributed by atoms with Crippen molar-refractivity contribution in [2.75, 3.05) is 0 Å². The molecule has 4 heteroatoms. The number of imidazole rings is 1. The molecular weight excluding hydrogens is 529 g/mol. The van der Waals surface area contributed by atoms with Crippen LogP contribution in [0.5, 0.6) is 5.75 Å². The average molecular weight is 557 g/mol. The van der Waals surface area contributed by atoms with Crippen LogP contribution >= 0.6 is 0 Å². The van der Waals surface area contributed by atoms with Gasteiger partial charge in [0.2, 0.25) is 0 Å². The predicted octanol–water partition coefficient (Wildman–Crippen LogP) is 5.96. The Bertz CT molecular complexity index is 1940. The Balaban J connectivity index is 1.31. The van der Waals surface area contributed by atoms with E-state index in [1.165, 1.54) is 26.3 Å². The molecule has 7 aromatic rings. The Labute approximate surface area is 246 Å². The molecule has 1 aromatic heterocycles. The van der Waals surface area contributed by atoms with Gasteiger partial charge >= 0.3 is 0 Å². The fourth-order valence-electron chi connectivity index (χ4n) is 6.57. The molecule has 3 nitrogen and oxygen atoms in total. The summed E-state index contributed by atoms with van der Waals surface area (Å²) < 4.78 is 8.50. The lowest BCUT2D eigenvalue weighted by Gasteiger charge is -2.34.